The van der Waals surface area contributed by atoms with Gasteiger partial charge in [-0.1, -0.05) is 18.2 Å². The maximum Gasteiger partial charge on any atom is 0.416 e. The molecule has 0 heterocycles. The summed E-state index contributed by atoms with van der Waals surface area (Å²) in [5.41, 5.74) is 2.97. The van der Waals surface area contributed by atoms with Gasteiger partial charge in [-0.15, -0.1) is 0 Å². The summed E-state index contributed by atoms with van der Waals surface area (Å²) in [5, 5.41) is 2.69. The van der Waals surface area contributed by atoms with Crippen LogP contribution in [-0.2, 0) is 33.8 Å². The average molecular weight is 613 g/mol. The molecule has 3 fully saturated rings. The molecule has 0 aromatic heterocycles. The second-order valence-corrected chi connectivity index (χ2v) is 12.6. The van der Waals surface area contributed by atoms with Crippen LogP contribution in [0.15, 0.2) is 42.5 Å². The number of carbonyl (C=O) groups excluding carboxylic acids is 2. The number of nitrogens with two attached hydrogens (primary N) is 1. The first-order valence-corrected chi connectivity index (χ1v) is 14.8. The number of carbonyl (C=O) groups is 2. The lowest BCUT2D eigenvalue weighted by atomic mass is 9.74. The van der Waals surface area contributed by atoms with Crippen molar-refractivity contribution in [2.24, 2.45) is 23.5 Å². The van der Waals surface area contributed by atoms with Crippen LogP contribution >= 0.6 is 0 Å². The molecule has 0 spiro atoms. The van der Waals surface area contributed by atoms with E-state index in [2.05, 4.69) is 5.32 Å². The van der Waals surface area contributed by atoms with Gasteiger partial charge < -0.3 is 11.1 Å². The van der Waals surface area contributed by atoms with Crippen LogP contribution in [0.2, 0.25) is 0 Å². The van der Waals surface area contributed by atoms with Crippen LogP contribution < -0.4 is 11.1 Å². The number of halogens is 7. The Morgan fingerprint density at radius 1 is 0.907 bits per heavy atom. The van der Waals surface area contributed by atoms with Crippen LogP contribution in [0.3, 0.4) is 0 Å². The van der Waals surface area contributed by atoms with Gasteiger partial charge in [0.2, 0.25) is 5.91 Å². The maximum absolute atomic E-state index is 14.8. The molecule has 3 N–H and O–H groups in total. The van der Waals surface area contributed by atoms with Crippen LogP contribution in [0.25, 0.3) is 0 Å². The molecule has 11 heteroatoms. The summed E-state index contributed by atoms with van der Waals surface area (Å²) in [4.78, 5) is 27.0. The molecular formula is C32H35F7N2O2. The van der Waals surface area contributed by atoms with E-state index >= 15 is 0 Å². The van der Waals surface area contributed by atoms with Gasteiger partial charge in [0.1, 0.15) is 5.82 Å². The van der Waals surface area contributed by atoms with Gasteiger partial charge in [0.15, 0.2) is 5.78 Å². The van der Waals surface area contributed by atoms with Crippen molar-refractivity contribution < 1.29 is 40.3 Å². The summed E-state index contributed by atoms with van der Waals surface area (Å²) in [6.45, 7) is 0. The number of fused-ring (bicyclic) bond motifs is 2. The number of rotatable bonds is 10. The fourth-order valence-electron chi connectivity index (χ4n) is 7.29. The van der Waals surface area contributed by atoms with E-state index in [0.29, 0.717) is 35.8 Å². The molecule has 2 aromatic carbocycles. The summed E-state index contributed by atoms with van der Waals surface area (Å²) >= 11 is 0. The van der Waals surface area contributed by atoms with Crippen molar-refractivity contribution in [1.82, 2.24) is 5.32 Å². The molecule has 2 aromatic rings. The quantitative estimate of drug-likeness (QED) is 0.281. The molecule has 0 aliphatic heterocycles. The van der Waals surface area contributed by atoms with Gasteiger partial charge in [0, 0.05) is 18.0 Å². The lowest BCUT2D eigenvalue weighted by Crippen LogP contribution is -2.47. The maximum atomic E-state index is 14.8. The van der Waals surface area contributed by atoms with Gasteiger partial charge in [0.05, 0.1) is 22.6 Å². The minimum Gasteiger partial charge on any atom is -0.345 e. The van der Waals surface area contributed by atoms with Crippen LogP contribution in [0, 0.1) is 23.6 Å². The van der Waals surface area contributed by atoms with Crippen LogP contribution in [0.4, 0.5) is 30.7 Å². The smallest absolute Gasteiger partial charge is 0.345 e. The van der Waals surface area contributed by atoms with Crippen molar-refractivity contribution in [3.63, 3.8) is 0 Å². The molecule has 3 atom stereocenters. The van der Waals surface area contributed by atoms with E-state index in [1.807, 2.05) is 0 Å². The molecule has 3 saturated carbocycles. The molecular weight excluding hydrogens is 577 g/mol. The summed E-state index contributed by atoms with van der Waals surface area (Å²) in [7, 11) is 0. The van der Waals surface area contributed by atoms with Crippen molar-refractivity contribution in [3.8, 4) is 0 Å². The Balaban J connectivity index is 1.30. The van der Waals surface area contributed by atoms with Gasteiger partial charge in [-0.25, -0.2) is 4.39 Å². The van der Waals surface area contributed by atoms with Crippen LogP contribution in [0.5, 0.6) is 0 Å². The molecule has 234 valence electrons. The predicted octanol–water partition coefficient (Wildman–Crippen LogP) is 7.13. The van der Waals surface area contributed by atoms with E-state index < -0.39 is 46.7 Å². The first kappa shape index (κ1) is 31.5. The monoisotopic (exact) mass is 612 g/mol. The Bertz CT molecular complexity index is 1320. The fraction of sp³-hybridized carbons (Fsp3) is 0.562. The third kappa shape index (κ3) is 6.91. The van der Waals surface area contributed by atoms with Crippen molar-refractivity contribution in [3.05, 3.63) is 70.5 Å². The van der Waals surface area contributed by atoms with Crippen molar-refractivity contribution in [1.29, 1.82) is 0 Å². The Kier molecular flexibility index (Phi) is 8.68. The first-order valence-electron chi connectivity index (χ1n) is 14.8. The van der Waals surface area contributed by atoms with Crippen LogP contribution in [0.1, 0.15) is 80.0 Å². The van der Waals surface area contributed by atoms with Gasteiger partial charge in [-0.2, -0.15) is 26.3 Å². The zero-order valence-electron chi connectivity index (χ0n) is 23.5. The lowest BCUT2D eigenvalue weighted by molar-refractivity contribution is -0.138. The third-order valence-corrected chi connectivity index (χ3v) is 9.70. The Hall–Kier alpha value is -2.95. The highest BCUT2D eigenvalue weighted by Gasteiger charge is 2.53. The SMILES string of the molecule is NC1CC2CCC(C1)C2CCCC(=O)[C@H](Cc1ccc(C(F)(F)F)cc1)NC(=O)C1(c2ccc(C(F)(F)F)cc2F)CC1. The average Bonchev–Trinajstić information content (AvgIpc) is 3.69. The molecule has 2 unspecified atom stereocenters. The summed E-state index contributed by atoms with van der Waals surface area (Å²) < 4.78 is 93.2. The number of benzene rings is 2. The number of nitrogens with one attached hydrogen (secondary N) is 1. The van der Waals surface area contributed by atoms with Crippen LogP contribution in [-0.4, -0.2) is 23.8 Å². The predicted molar refractivity (Wildman–Crippen MR) is 145 cm³/mol. The molecule has 0 saturated heterocycles. The second kappa shape index (κ2) is 11.9. The molecule has 5 rings (SSSR count). The van der Waals surface area contributed by atoms with E-state index in [4.69, 9.17) is 5.73 Å². The number of alkyl halides is 6. The summed E-state index contributed by atoms with van der Waals surface area (Å²) in [5.74, 6) is -0.560. The Morgan fingerprint density at radius 3 is 2.02 bits per heavy atom. The summed E-state index contributed by atoms with van der Waals surface area (Å²) in [6, 6.07) is 5.48. The molecule has 2 bridgehead atoms. The molecule has 0 radical (unpaired) electrons. The molecule has 1 amide bonds. The van der Waals surface area contributed by atoms with E-state index in [0.717, 1.165) is 56.4 Å². The normalized spacial score (nSPS) is 25.3. The minimum atomic E-state index is -4.75. The number of amides is 1. The zero-order chi connectivity index (χ0) is 31.2. The molecule has 3 aliphatic rings. The van der Waals surface area contributed by atoms with Gasteiger partial charge in [0.25, 0.3) is 0 Å². The molecule has 4 nitrogen and oxygen atoms in total. The van der Waals surface area contributed by atoms with E-state index in [1.54, 1.807) is 0 Å². The number of hydrogen-bond acceptors (Lipinski definition) is 3. The Labute approximate surface area is 245 Å². The van der Waals surface area contributed by atoms with Gasteiger partial charge in [-0.3, -0.25) is 9.59 Å². The standard InChI is InChI=1S/C32H35F7N2O2/c33-26-17-22(32(37,38)39)10-11-25(26)30(12-13-30)29(43)41-27(14-18-4-8-21(9-5-18)31(34,35)36)28(42)3-1-2-24-19-6-7-20(24)16-23(40)15-19/h4-5,8-11,17,19-20,23-24,27H,1-3,6-7,12-16,40H2,(H,41,43)/t19?,20?,23?,24?,27-/m0/s1. The highest BCUT2D eigenvalue weighted by atomic mass is 19.4. The van der Waals surface area contributed by atoms with Crippen molar-refractivity contribution >= 4 is 11.7 Å². The fourth-order valence-corrected chi connectivity index (χ4v) is 7.29. The number of ketones is 1. The van der Waals surface area contributed by atoms with Gasteiger partial charge >= 0.3 is 12.4 Å². The zero-order valence-corrected chi connectivity index (χ0v) is 23.5. The highest BCUT2D eigenvalue weighted by Crippen LogP contribution is 2.50. The first-order chi connectivity index (χ1) is 20.2. The highest BCUT2D eigenvalue weighted by molar-refractivity contribution is 5.96. The molecule has 43 heavy (non-hydrogen) atoms. The van der Waals surface area contributed by atoms with Crippen molar-refractivity contribution in [2.45, 2.75) is 94.1 Å². The third-order valence-electron chi connectivity index (χ3n) is 9.70. The van der Waals surface area contributed by atoms with Crippen molar-refractivity contribution in [2.75, 3.05) is 0 Å². The van der Waals surface area contributed by atoms with E-state index in [9.17, 15) is 40.3 Å². The van der Waals surface area contributed by atoms with E-state index in [1.165, 1.54) is 12.1 Å². The van der Waals surface area contributed by atoms with Gasteiger partial charge in [-0.05, 0) is 105 Å². The Morgan fingerprint density at radius 2 is 1.49 bits per heavy atom. The number of Topliss-reactive ketones (excluding diaryl/α,β-unsaturated/α-hetero) is 1. The summed E-state index contributed by atoms with van der Waals surface area (Å²) in [6.07, 6.45) is -3.18. The largest absolute Gasteiger partial charge is 0.416 e. The minimum absolute atomic E-state index is 0.0716. The topological polar surface area (TPSA) is 72.2 Å². The number of hydrogen-bond donors (Lipinski definition) is 2. The van der Waals surface area contributed by atoms with E-state index in [-0.39, 0.29) is 43.1 Å². The second-order valence-electron chi connectivity index (χ2n) is 12.6. The molecule has 3 aliphatic carbocycles. The lowest BCUT2D eigenvalue weighted by Gasteiger charge is -2.33.